The first kappa shape index (κ1) is 16.2. The summed E-state index contributed by atoms with van der Waals surface area (Å²) in [6.07, 6.45) is 0.0981. The second-order valence-corrected chi connectivity index (χ2v) is 6.04. The van der Waals surface area contributed by atoms with Crippen molar-refractivity contribution in [1.29, 1.82) is 0 Å². The first-order chi connectivity index (χ1) is 7.45. The van der Waals surface area contributed by atoms with Gasteiger partial charge in [-0.25, -0.2) is 0 Å². The van der Waals surface area contributed by atoms with Crippen LogP contribution in [0, 0.1) is 0 Å². The molecule has 96 valence electrons. The lowest BCUT2D eigenvalue weighted by molar-refractivity contribution is -0.119. The Morgan fingerprint density at radius 3 is 2.19 bits per heavy atom. The van der Waals surface area contributed by atoms with Crippen LogP contribution in [0.15, 0.2) is 0 Å². The maximum atomic E-state index is 11.9. The van der Waals surface area contributed by atoms with E-state index in [0.717, 1.165) is 0 Å². The molecule has 0 atom stereocenters. The molecule has 0 aromatic rings. The van der Waals surface area contributed by atoms with Gasteiger partial charge in [0, 0.05) is 6.54 Å². The summed E-state index contributed by atoms with van der Waals surface area (Å²) in [4.78, 5) is 9.87. The molecular formula is C8H16Cl2NO4P. The number of hydrogen-bond acceptors (Lipinski definition) is 4. The van der Waals surface area contributed by atoms with Gasteiger partial charge in [-0.05, 0) is 13.8 Å². The Hall–Kier alpha value is 0.200. The van der Waals surface area contributed by atoms with Crippen LogP contribution in [-0.4, -0.2) is 36.7 Å². The third-order valence-corrected chi connectivity index (χ3v) is 4.01. The zero-order valence-corrected chi connectivity index (χ0v) is 11.6. The lowest BCUT2D eigenvalue weighted by atomic mass is 10.6. The van der Waals surface area contributed by atoms with Gasteiger partial charge in [0.2, 0.25) is 0 Å². The van der Waals surface area contributed by atoms with E-state index >= 15 is 0 Å². The van der Waals surface area contributed by atoms with Crippen molar-refractivity contribution < 1.29 is 18.4 Å². The Balaban J connectivity index is 4.03. The Morgan fingerprint density at radius 2 is 1.81 bits per heavy atom. The minimum Gasteiger partial charge on any atom is -0.353 e. The van der Waals surface area contributed by atoms with Crippen LogP contribution in [0.3, 0.4) is 0 Å². The first-order valence-electron chi connectivity index (χ1n) is 4.89. The molecule has 0 saturated heterocycles. The second-order valence-electron chi connectivity index (χ2n) is 2.76. The van der Waals surface area contributed by atoms with Gasteiger partial charge in [-0.1, -0.05) is 23.2 Å². The summed E-state index contributed by atoms with van der Waals surface area (Å²) in [5, 5.41) is 2.42. The Bertz CT molecular complexity index is 252. The van der Waals surface area contributed by atoms with Gasteiger partial charge in [0.05, 0.1) is 19.4 Å². The second kappa shape index (κ2) is 8.31. The number of rotatable bonds is 8. The average molecular weight is 292 g/mol. The van der Waals surface area contributed by atoms with Crippen molar-refractivity contribution in [3.63, 3.8) is 0 Å². The zero-order valence-electron chi connectivity index (χ0n) is 9.24. The molecule has 0 heterocycles. The standard InChI is InChI=1S/C8H16Cl2NO4P/c1-3-14-16(13,15-4-2)6-5-11-8(12)7(9)10/h7H,3-6H2,1-2H3,(H,11,12). The van der Waals surface area contributed by atoms with E-state index in [9.17, 15) is 9.36 Å². The summed E-state index contributed by atoms with van der Waals surface area (Å²) in [7, 11) is -3.11. The van der Waals surface area contributed by atoms with Crippen LogP contribution in [0.25, 0.3) is 0 Å². The van der Waals surface area contributed by atoms with Gasteiger partial charge in [0.1, 0.15) is 0 Å². The van der Waals surface area contributed by atoms with Gasteiger partial charge in [-0.3, -0.25) is 9.36 Å². The molecule has 0 spiro atoms. The number of amides is 1. The number of halogens is 2. The smallest absolute Gasteiger partial charge is 0.332 e. The molecule has 0 aliphatic heterocycles. The van der Waals surface area contributed by atoms with E-state index in [1.807, 2.05) is 0 Å². The SMILES string of the molecule is CCOP(=O)(CCNC(=O)C(Cl)Cl)OCC. The first-order valence-corrected chi connectivity index (χ1v) is 7.49. The van der Waals surface area contributed by atoms with Crippen LogP contribution < -0.4 is 5.32 Å². The minimum absolute atomic E-state index is 0.0981. The molecule has 16 heavy (non-hydrogen) atoms. The van der Waals surface area contributed by atoms with Crippen molar-refractivity contribution in [2.75, 3.05) is 25.9 Å². The van der Waals surface area contributed by atoms with Crippen LogP contribution in [0.5, 0.6) is 0 Å². The molecule has 0 fully saturated rings. The van der Waals surface area contributed by atoms with Crippen LogP contribution >= 0.6 is 30.8 Å². The van der Waals surface area contributed by atoms with E-state index in [1.54, 1.807) is 13.8 Å². The molecule has 0 aromatic carbocycles. The van der Waals surface area contributed by atoms with Gasteiger partial charge in [-0.2, -0.15) is 0 Å². The summed E-state index contributed by atoms with van der Waals surface area (Å²) in [6, 6.07) is 0. The third kappa shape index (κ3) is 6.71. The van der Waals surface area contributed by atoms with Crippen molar-refractivity contribution >= 4 is 36.7 Å². The molecule has 1 amide bonds. The fourth-order valence-electron chi connectivity index (χ4n) is 0.953. The Morgan fingerprint density at radius 1 is 1.31 bits per heavy atom. The Kier molecular flexibility index (Phi) is 8.42. The average Bonchev–Trinajstić information content (AvgIpc) is 2.17. The zero-order chi connectivity index (χ0) is 12.6. The molecule has 0 aliphatic rings. The normalized spacial score (nSPS) is 11.8. The maximum Gasteiger partial charge on any atom is 0.332 e. The molecule has 0 aromatic heterocycles. The molecule has 0 saturated carbocycles. The van der Waals surface area contributed by atoms with Gasteiger partial charge in [-0.15, -0.1) is 0 Å². The maximum absolute atomic E-state index is 11.9. The highest BCUT2D eigenvalue weighted by Crippen LogP contribution is 2.47. The van der Waals surface area contributed by atoms with Crippen molar-refractivity contribution in [2.24, 2.45) is 0 Å². The summed E-state index contributed by atoms with van der Waals surface area (Å²) in [6.45, 7) is 4.17. The molecule has 1 N–H and O–H groups in total. The number of nitrogens with one attached hydrogen (secondary N) is 1. The van der Waals surface area contributed by atoms with E-state index in [2.05, 4.69) is 5.32 Å². The largest absolute Gasteiger partial charge is 0.353 e. The monoisotopic (exact) mass is 291 g/mol. The quantitative estimate of drug-likeness (QED) is 0.550. The lowest BCUT2D eigenvalue weighted by Crippen LogP contribution is -2.31. The summed E-state index contributed by atoms with van der Waals surface area (Å²) >= 11 is 10.6. The molecule has 0 bridgehead atoms. The Labute approximate surface area is 105 Å². The summed E-state index contributed by atoms with van der Waals surface area (Å²) < 4.78 is 22.0. The summed E-state index contributed by atoms with van der Waals surface area (Å²) in [5.74, 6) is -0.525. The highest BCUT2D eigenvalue weighted by atomic mass is 35.5. The van der Waals surface area contributed by atoms with E-state index in [4.69, 9.17) is 32.2 Å². The van der Waals surface area contributed by atoms with Crippen molar-refractivity contribution in [1.82, 2.24) is 5.32 Å². The van der Waals surface area contributed by atoms with E-state index in [-0.39, 0.29) is 12.7 Å². The molecule has 5 nitrogen and oxygen atoms in total. The number of alkyl halides is 2. The number of carbonyl (C=O) groups is 1. The van der Waals surface area contributed by atoms with Crippen LogP contribution in [0.1, 0.15) is 13.8 Å². The van der Waals surface area contributed by atoms with Crippen molar-refractivity contribution in [3.8, 4) is 0 Å². The van der Waals surface area contributed by atoms with Crippen LogP contribution in [0.2, 0.25) is 0 Å². The molecule has 0 unspecified atom stereocenters. The van der Waals surface area contributed by atoms with Gasteiger partial charge >= 0.3 is 7.60 Å². The molecular weight excluding hydrogens is 276 g/mol. The van der Waals surface area contributed by atoms with Gasteiger partial charge in [0.15, 0.2) is 4.84 Å². The van der Waals surface area contributed by atoms with Crippen molar-refractivity contribution in [3.05, 3.63) is 0 Å². The number of hydrogen-bond donors (Lipinski definition) is 1. The summed E-state index contributed by atoms with van der Waals surface area (Å²) in [5.41, 5.74) is 0. The predicted octanol–water partition coefficient (Wildman–Crippen LogP) is 2.17. The highest BCUT2D eigenvalue weighted by molar-refractivity contribution is 7.53. The van der Waals surface area contributed by atoms with E-state index in [1.165, 1.54) is 0 Å². The fraction of sp³-hybridized carbons (Fsp3) is 0.875. The topological polar surface area (TPSA) is 64.6 Å². The molecule has 0 rings (SSSR count). The number of carbonyl (C=O) groups excluding carboxylic acids is 1. The molecule has 0 aliphatic carbocycles. The minimum atomic E-state index is -3.11. The predicted molar refractivity (Wildman–Crippen MR) is 64.2 cm³/mol. The van der Waals surface area contributed by atoms with Gasteiger partial charge in [0.25, 0.3) is 5.91 Å². The fourth-order valence-corrected chi connectivity index (χ4v) is 2.61. The third-order valence-electron chi connectivity index (χ3n) is 1.53. The van der Waals surface area contributed by atoms with E-state index in [0.29, 0.717) is 13.2 Å². The van der Waals surface area contributed by atoms with Crippen LogP contribution in [0.4, 0.5) is 0 Å². The van der Waals surface area contributed by atoms with Crippen molar-refractivity contribution in [2.45, 2.75) is 18.7 Å². The van der Waals surface area contributed by atoms with E-state index < -0.39 is 18.3 Å². The molecule has 8 heteroatoms. The van der Waals surface area contributed by atoms with Crippen LogP contribution in [-0.2, 0) is 18.4 Å². The highest BCUT2D eigenvalue weighted by Gasteiger charge is 2.23. The lowest BCUT2D eigenvalue weighted by Gasteiger charge is -2.17. The van der Waals surface area contributed by atoms with Gasteiger partial charge < -0.3 is 14.4 Å². The molecule has 0 radical (unpaired) electrons.